The van der Waals surface area contributed by atoms with Gasteiger partial charge in [0, 0.05) is 6.92 Å². The summed E-state index contributed by atoms with van der Waals surface area (Å²) in [5, 5.41) is 5.89. The molecule has 0 aliphatic rings. The molecule has 1 N–H and O–H groups in total. The Morgan fingerprint density at radius 3 is 2.43 bits per heavy atom. The van der Waals surface area contributed by atoms with Crippen LogP contribution in [-0.2, 0) is 4.79 Å². The smallest absolute Gasteiger partial charge is 0.308 e. The highest BCUT2D eigenvalue weighted by Gasteiger charge is 2.05. The van der Waals surface area contributed by atoms with Crippen molar-refractivity contribution in [3.8, 4) is 5.75 Å². The normalized spacial score (nSPS) is 11.0. The Morgan fingerprint density at radius 1 is 1.14 bits per heavy atom. The molecular weight excluding hydrogens is 288 g/mol. The molecule has 21 heavy (non-hydrogen) atoms. The molecule has 0 saturated carbocycles. The predicted octanol–water partition coefficient (Wildman–Crippen LogP) is 2.83. The van der Waals surface area contributed by atoms with Gasteiger partial charge in [-0.2, -0.15) is 5.10 Å². The lowest BCUT2D eigenvalue weighted by molar-refractivity contribution is -0.131. The summed E-state index contributed by atoms with van der Waals surface area (Å²) in [5.74, 6) is -0.126. The molecule has 1 heterocycles. The van der Waals surface area contributed by atoms with E-state index in [2.05, 4.69) is 10.5 Å². The van der Waals surface area contributed by atoms with E-state index in [4.69, 9.17) is 4.74 Å². The second kappa shape index (κ2) is 6.81. The Bertz CT molecular complexity index is 661. The summed E-state index contributed by atoms with van der Waals surface area (Å²) < 4.78 is 4.95. The first-order valence-corrected chi connectivity index (χ1v) is 7.11. The number of nitrogens with zero attached hydrogens (tertiary/aromatic N) is 1. The van der Waals surface area contributed by atoms with E-state index in [1.807, 2.05) is 11.4 Å². The van der Waals surface area contributed by atoms with E-state index in [1.54, 1.807) is 37.3 Å². The van der Waals surface area contributed by atoms with Crippen molar-refractivity contribution >= 4 is 28.9 Å². The molecule has 0 fully saturated rings. The van der Waals surface area contributed by atoms with Crippen LogP contribution in [0.2, 0.25) is 0 Å². The Balaban J connectivity index is 2.02. The molecule has 2 aromatic rings. The maximum Gasteiger partial charge on any atom is 0.308 e. The largest absolute Gasteiger partial charge is 0.427 e. The van der Waals surface area contributed by atoms with E-state index >= 15 is 0 Å². The SMILES string of the molecule is CC(=O)Oc1ccc(/C(C)=N\NC(=O)c2cccs2)cc1. The Labute approximate surface area is 126 Å². The summed E-state index contributed by atoms with van der Waals surface area (Å²) in [4.78, 5) is 23.2. The summed E-state index contributed by atoms with van der Waals surface area (Å²) in [7, 11) is 0. The third kappa shape index (κ3) is 4.25. The third-order valence-corrected chi connectivity index (χ3v) is 3.47. The number of hydrazone groups is 1. The minimum atomic E-state index is -0.364. The lowest BCUT2D eigenvalue weighted by Crippen LogP contribution is -2.18. The van der Waals surface area contributed by atoms with Crippen molar-refractivity contribution in [3.63, 3.8) is 0 Å². The highest BCUT2D eigenvalue weighted by atomic mass is 32.1. The standard InChI is InChI=1S/C15H14N2O3S/c1-10(16-17-15(19)14-4-3-9-21-14)12-5-7-13(8-6-12)20-11(2)18/h3-9H,1-2H3,(H,17,19)/b16-10-. The highest BCUT2D eigenvalue weighted by Crippen LogP contribution is 2.13. The summed E-state index contributed by atoms with van der Waals surface area (Å²) >= 11 is 1.36. The first-order valence-electron chi connectivity index (χ1n) is 6.23. The molecule has 5 nitrogen and oxygen atoms in total. The van der Waals surface area contributed by atoms with Crippen LogP contribution < -0.4 is 10.2 Å². The molecule has 0 radical (unpaired) electrons. The Kier molecular flexibility index (Phi) is 4.84. The van der Waals surface area contributed by atoms with Crippen molar-refractivity contribution in [2.75, 3.05) is 0 Å². The zero-order valence-corrected chi connectivity index (χ0v) is 12.4. The van der Waals surface area contributed by atoms with Gasteiger partial charge in [0.1, 0.15) is 5.75 Å². The number of hydrogen-bond donors (Lipinski definition) is 1. The quantitative estimate of drug-likeness (QED) is 0.409. The van der Waals surface area contributed by atoms with Crippen LogP contribution in [0.15, 0.2) is 46.9 Å². The van der Waals surface area contributed by atoms with Crippen molar-refractivity contribution in [1.82, 2.24) is 5.43 Å². The van der Waals surface area contributed by atoms with Crippen molar-refractivity contribution in [3.05, 3.63) is 52.2 Å². The predicted molar refractivity (Wildman–Crippen MR) is 81.7 cm³/mol. The molecule has 0 saturated heterocycles. The van der Waals surface area contributed by atoms with Gasteiger partial charge in [-0.25, -0.2) is 5.43 Å². The van der Waals surface area contributed by atoms with Crippen LogP contribution in [0.25, 0.3) is 0 Å². The molecule has 0 atom stereocenters. The van der Waals surface area contributed by atoms with Crippen LogP contribution >= 0.6 is 11.3 Å². The molecule has 1 aromatic carbocycles. The average Bonchev–Trinajstić information content (AvgIpc) is 2.99. The topological polar surface area (TPSA) is 67.8 Å². The van der Waals surface area contributed by atoms with Crippen molar-refractivity contribution in [1.29, 1.82) is 0 Å². The highest BCUT2D eigenvalue weighted by molar-refractivity contribution is 7.12. The molecule has 0 unspecified atom stereocenters. The fraction of sp³-hybridized carbons (Fsp3) is 0.133. The number of esters is 1. The number of carbonyl (C=O) groups is 2. The fourth-order valence-corrected chi connectivity index (χ4v) is 2.21. The van der Waals surface area contributed by atoms with E-state index < -0.39 is 0 Å². The molecule has 0 aliphatic carbocycles. The van der Waals surface area contributed by atoms with Gasteiger partial charge in [-0.15, -0.1) is 11.3 Å². The maximum atomic E-state index is 11.8. The fourth-order valence-electron chi connectivity index (χ4n) is 1.59. The molecule has 0 bridgehead atoms. The number of amides is 1. The number of nitrogens with one attached hydrogen (secondary N) is 1. The number of thiophene rings is 1. The van der Waals surface area contributed by atoms with Gasteiger partial charge < -0.3 is 4.74 Å². The Hall–Kier alpha value is -2.47. The van der Waals surface area contributed by atoms with E-state index in [9.17, 15) is 9.59 Å². The molecule has 1 amide bonds. The second-order valence-corrected chi connectivity index (χ2v) is 5.18. The summed E-state index contributed by atoms with van der Waals surface area (Å²) in [6, 6.07) is 10.4. The van der Waals surface area contributed by atoms with Gasteiger partial charge in [0.05, 0.1) is 10.6 Å². The summed E-state index contributed by atoms with van der Waals surface area (Å²) in [6.45, 7) is 3.14. The van der Waals surface area contributed by atoms with Gasteiger partial charge in [0.25, 0.3) is 5.91 Å². The molecule has 6 heteroatoms. The van der Waals surface area contributed by atoms with Crippen LogP contribution in [0.3, 0.4) is 0 Å². The Morgan fingerprint density at radius 2 is 1.86 bits per heavy atom. The van der Waals surface area contributed by atoms with Gasteiger partial charge >= 0.3 is 5.97 Å². The average molecular weight is 302 g/mol. The van der Waals surface area contributed by atoms with Gasteiger partial charge in [-0.05, 0) is 48.2 Å². The lowest BCUT2D eigenvalue weighted by Gasteiger charge is -2.04. The number of rotatable bonds is 4. The number of hydrogen-bond acceptors (Lipinski definition) is 5. The zero-order valence-electron chi connectivity index (χ0n) is 11.6. The van der Waals surface area contributed by atoms with Crippen LogP contribution in [0.1, 0.15) is 29.1 Å². The zero-order chi connectivity index (χ0) is 15.2. The van der Waals surface area contributed by atoms with Gasteiger partial charge in [0.2, 0.25) is 0 Å². The van der Waals surface area contributed by atoms with E-state index in [0.717, 1.165) is 5.56 Å². The molecular formula is C15H14N2O3S. The van der Waals surface area contributed by atoms with Crippen molar-refractivity contribution < 1.29 is 14.3 Å². The van der Waals surface area contributed by atoms with Gasteiger partial charge in [-0.1, -0.05) is 6.07 Å². The maximum absolute atomic E-state index is 11.8. The van der Waals surface area contributed by atoms with Crippen LogP contribution in [-0.4, -0.2) is 17.6 Å². The summed E-state index contributed by atoms with van der Waals surface area (Å²) in [6.07, 6.45) is 0. The minimum Gasteiger partial charge on any atom is -0.427 e. The molecule has 0 aliphatic heterocycles. The molecule has 108 valence electrons. The molecule has 1 aromatic heterocycles. The monoisotopic (exact) mass is 302 g/mol. The van der Waals surface area contributed by atoms with Gasteiger partial charge in [-0.3, -0.25) is 9.59 Å². The summed E-state index contributed by atoms with van der Waals surface area (Å²) in [5.41, 5.74) is 4.00. The number of ether oxygens (including phenoxy) is 1. The van der Waals surface area contributed by atoms with Crippen molar-refractivity contribution in [2.24, 2.45) is 5.10 Å². The van der Waals surface area contributed by atoms with Crippen LogP contribution in [0.4, 0.5) is 0 Å². The van der Waals surface area contributed by atoms with Crippen LogP contribution in [0, 0.1) is 0 Å². The van der Waals surface area contributed by atoms with Crippen molar-refractivity contribution in [2.45, 2.75) is 13.8 Å². The minimum absolute atomic E-state index is 0.235. The van der Waals surface area contributed by atoms with Crippen LogP contribution in [0.5, 0.6) is 5.75 Å². The molecule has 2 rings (SSSR count). The second-order valence-electron chi connectivity index (χ2n) is 4.23. The lowest BCUT2D eigenvalue weighted by atomic mass is 10.1. The first-order chi connectivity index (χ1) is 10.1. The van der Waals surface area contributed by atoms with E-state index in [1.165, 1.54) is 18.3 Å². The van der Waals surface area contributed by atoms with E-state index in [0.29, 0.717) is 16.3 Å². The van der Waals surface area contributed by atoms with E-state index in [-0.39, 0.29) is 11.9 Å². The third-order valence-electron chi connectivity index (χ3n) is 2.60. The number of carbonyl (C=O) groups excluding carboxylic acids is 2. The molecule has 0 spiro atoms. The van der Waals surface area contributed by atoms with Gasteiger partial charge in [0.15, 0.2) is 0 Å². The first kappa shape index (κ1) is 14.9. The number of benzene rings is 1.